The van der Waals surface area contributed by atoms with E-state index in [0.29, 0.717) is 12.1 Å². The fraction of sp³-hybridized carbons (Fsp3) is 0.286. The van der Waals surface area contributed by atoms with Crippen LogP contribution in [0.15, 0.2) is 35.1 Å². The second kappa shape index (κ2) is 6.21. The number of aromatic nitrogens is 2. The van der Waals surface area contributed by atoms with Gasteiger partial charge in [-0.25, -0.2) is 4.39 Å². The van der Waals surface area contributed by atoms with Crippen LogP contribution in [0.2, 0.25) is 0 Å². The van der Waals surface area contributed by atoms with Gasteiger partial charge in [0, 0.05) is 35.0 Å². The van der Waals surface area contributed by atoms with E-state index in [9.17, 15) is 4.39 Å². The smallest absolute Gasteiger partial charge is 0.127 e. The fourth-order valence-corrected chi connectivity index (χ4v) is 2.29. The van der Waals surface area contributed by atoms with Gasteiger partial charge in [-0.1, -0.05) is 15.9 Å². The maximum absolute atomic E-state index is 13.6. The first kappa shape index (κ1) is 14.1. The predicted octanol–water partition coefficient (Wildman–Crippen LogP) is 3.54. The Bertz CT molecular complexity index is 574. The molecule has 5 heteroatoms. The summed E-state index contributed by atoms with van der Waals surface area (Å²) >= 11 is 3.34. The SMILES string of the molecule is Cc1nccnc1C(C)NCc1cc(Br)ccc1F. The Hall–Kier alpha value is -1.33. The summed E-state index contributed by atoms with van der Waals surface area (Å²) in [6, 6.07) is 4.94. The van der Waals surface area contributed by atoms with Gasteiger partial charge in [0.25, 0.3) is 0 Å². The highest BCUT2D eigenvalue weighted by Gasteiger charge is 2.11. The van der Waals surface area contributed by atoms with Crippen LogP contribution in [0.5, 0.6) is 0 Å². The van der Waals surface area contributed by atoms with Crippen molar-refractivity contribution >= 4 is 15.9 Å². The molecule has 1 unspecified atom stereocenters. The molecule has 0 saturated heterocycles. The number of halogens is 2. The third-order valence-corrected chi connectivity index (χ3v) is 3.43. The second-order valence-electron chi connectivity index (χ2n) is 4.37. The summed E-state index contributed by atoms with van der Waals surface area (Å²) in [5.41, 5.74) is 2.40. The Morgan fingerprint density at radius 1 is 1.32 bits per heavy atom. The van der Waals surface area contributed by atoms with Crippen molar-refractivity contribution in [2.45, 2.75) is 26.4 Å². The lowest BCUT2D eigenvalue weighted by Crippen LogP contribution is -2.21. The Labute approximate surface area is 120 Å². The summed E-state index contributed by atoms with van der Waals surface area (Å²) in [7, 11) is 0. The molecular formula is C14H15BrFN3. The molecule has 19 heavy (non-hydrogen) atoms. The summed E-state index contributed by atoms with van der Waals surface area (Å²) in [6.45, 7) is 4.36. The monoisotopic (exact) mass is 323 g/mol. The van der Waals surface area contributed by atoms with Crippen LogP contribution in [0, 0.1) is 12.7 Å². The van der Waals surface area contributed by atoms with Gasteiger partial charge < -0.3 is 5.32 Å². The van der Waals surface area contributed by atoms with Crippen LogP contribution < -0.4 is 5.32 Å². The Morgan fingerprint density at radius 3 is 2.79 bits per heavy atom. The molecule has 0 bridgehead atoms. The molecule has 1 aromatic heterocycles. The van der Waals surface area contributed by atoms with Crippen molar-refractivity contribution in [2.24, 2.45) is 0 Å². The van der Waals surface area contributed by atoms with E-state index in [4.69, 9.17) is 0 Å². The Balaban J connectivity index is 2.06. The summed E-state index contributed by atoms with van der Waals surface area (Å²) in [6.07, 6.45) is 3.33. The predicted molar refractivity (Wildman–Crippen MR) is 76.1 cm³/mol. The van der Waals surface area contributed by atoms with E-state index in [2.05, 4.69) is 31.2 Å². The minimum Gasteiger partial charge on any atom is -0.305 e. The number of rotatable bonds is 4. The highest BCUT2D eigenvalue weighted by atomic mass is 79.9. The van der Waals surface area contributed by atoms with Gasteiger partial charge in [-0.05, 0) is 32.0 Å². The molecule has 0 aliphatic carbocycles. The molecule has 2 rings (SSSR count). The maximum Gasteiger partial charge on any atom is 0.127 e. The van der Waals surface area contributed by atoms with Crippen LogP contribution in [0.4, 0.5) is 4.39 Å². The molecule has 1 aromatic carbocycles. The third kappa shape index (κ3) is 3.58. The van der Waals surface area contributed by atoms with Crippen LogP contribution in [-0.4, -0.2) is 9.97 Å². The molecule has 0 spiro atoms. The summed E-state index contributed by atoms with van der Waals surface area (Å²) < 4.78 is 14.5. The first-order valence-electron chi connectivity index (χ1n) is 6.02. The molecule has 0 radical (unpaired) electrons. The van der Waals surface area contributed by atoms with Crippen LogP contribution >= 0.6 is 15.9 Å². The van der Waals surface area contributed by atoms with Gasteiger partial charge in [0.15, 0.2) is 0 Å². The third-order valence-electron chi connectivity index (χ3n) is 2.94. The zero-order valence-electron chi connectivity index (χ0n) is 10.8. The number of nitrogens with zero attached hydrogens (tertiary/aromatic N) is 2. The molecule has 1 N–H and O–H groups in total. The molecule has 1 heterocycles. The van der Waals surface area contributed by atoms with E-state index < -0.39 is 0 Å². The van der Waals surface area contributed by atoms with Crippen LogP contribution in [0.1, 0.15) is 29.9 Å². The van der Waals surface area contributed by atoms with Gasteiger partial charge in [-0.3, -0.25) is 9.97 Å². The van der Waals surface area contributed by atoms with Gasteiger partial charge in [0.05, 0.1) is 11.4 Å². The molecule has 0 aliphatic heterocycles. The van der Waals surface area contributed by atoms with Crippen molar-refractivity contribution in [2.75, 3.05) is 0 Å². The maximum atomic E-state index is 13.6. The fourth-order valence-electron chi connectivity index (χ4n) is 1.88. The molecule has 1 atom stereocenters. The highest BCUT2D eigenvalue weighted by Crippen LogP contribution is 2.17. The molecular weight excluding hydrogens is 309 g/mol. The van der Waals surface area contributed by atoms with E-state index in [0.717, 1.165) is 15.9 Å². The van der Waals surface area contributed by atoms with Crippen molar-refractivity contribution in [3.63, 3.8) is 0 Å². The first-order valence-corrected chi connectivity index (χ1v) is 6.82. The van der Waals surface area contributed by atoms with Crippen molar-refractivity contribution in [1.82, 2.24) is 15.3 Å². The molecule has 0 amide bonds. The van der Waals surface area contributed by atoms with E-state index in [1.807, 2.05) is 13.8 Å². The van der Waals surface area contributed by atoms with Crippen molar-refractivity contribution in [3.8, 4) is 0 Å². The van der Waals surface area contributed by atoms with Crippen LogP contribution in [0.25, 0.3) is 0 Å². The summed E-state index contributed by atoms with van der Waals surface area (Å²) in [4.78, 5) is 8.51. The van der Waals surface area contributed by atoms with E-state index in [-0.39, 0.29) is 11.9 Å². The standard InChI is InChI=1S/C14H15BrFN3/c1-9-14(18-6-5-17-9)10(2)19-8-11-7-12(15)3-4-13(11)16/h3-7,10,19H,8H2,1-2H3. The minimum absolute atomic E-state index is 0.0204. The number of nitrogens with one attached hydrogen (secondary N) is 1. The summed E-state index contributed by atoms with van der Waals surface area (Å²) in [5.74, 6) is -0.209. The largest absolute Gasteiger partial charge is 0.305 e. The molecule has 3 nitrogen and oxygen atoms in total. The summed E-state index contributed by atoms with van der Waals surface area (Å²) in [5, 5.41) is 3.26. The minimum atomic E-state index is -0.209. The average molecular weight is 324 g/mol. The average Bonchev–Trinajstić information content (AvgIpc) is 2.40. The Morgan fingerprint density at radius 2 is 2.05 bits per heavy atom. The highest BCUT2D eigenvalue weighted by molar-refractivity contribution is 9.10. The zero-order chi connectivity index (χ0) is 13.8. The van der Waals surface area contributed by atoms with Crippen LogP contribution in [-0.2, 0) is 6.54 Å². The van der Waals surface area contributed by atoms with Gasteiger partial charge in [-0.2, -0.15) is 0 Å². The zero-order valence-corrected chi connectivity index (χ0v) is 12.4. The van der Waals surface area contributed by atoms with E-state index >= 15 is 0 Å². The van der Waals surface area contributed by atoms with Gasteiger partial charge >= 0.3 is 0 Å². The van der Waals surface area contributed by atoms with Crippen LogP contribution in [0.3, 0.4) is 0 Å². The van der Waals surface area contributed by atoms with Crippen molar-refractivity contribution in [1.29, 1.82) is 0 Å². The topological polar surface area (TPSA) is 37.8 Å². The van der Waals surface area contributed by atoms with Crippen molar-refractivity contribution < 1.29 is 4.39 Å². The first-order chi connectivity index (χ1) is 9.08. The van der Waals surface area contributed by atoms with Gasteiger partial charge in [0.2, 0.25) is 0 Å². The second-order valence-corrected chi connectivity index (χ2v) is 5.28. The lowest BCUT2D eigenvalue weighted by Gasteiger charge is -2.15. The Kier molecular flexibility index (Phi) is 4.61. The molecule has 0 fully saturated rings. The number of benzene rings is 1. The number of hydrogen-bond donors (Lipinski definition) is 1. The van der Waals surface area contributed by atoms with E-state index in [1.165, 1.54) is 6.07 Å². The quantitative estimate of drug-likeness (QED) is 0.935. The van der Waals surface area contributed by atoms with Gasteiger partial charge in [0.1, 0.15) is 5.82 Å². The van der Waals surface area contributed by atoms with Crippen molar-refractivity contribution in [3.05, 3.63) is 57.8 Å². The lowest BCUT2D eigenvalue weighted by atomic mass is 10.1. The molecule has 0 aliphatic rings. The lowest BCUT2D eigenvalue weighted by molar-refractivity contribution is 0.532. The molecule has 0 saturated carbocycles. The van der Waals surface area contributed by atoms with E-state index in [1.54, 1.807) is 24.5 Å². The molecule has 100 valence electrons. The number of hydrogen-bond acceptors (Lipinski definition) is 3. The van der Waals surface area contributed by atoms with Gasteiger partial charge in [-0.15, -0.1) is 0 Å². The number of aryl methyl sites for hydroxylation is 1. The molecule has 2 aromatic rings. The normalized spacial score (nSPS) is 12.4.